The van der Waals surface area contributed by atoms with Gasteiger partial charge in [-0.2, -0.15) is 13.2 Å². The number of hydrogen-bond acceptors (Lipinski definition) is 4. The molecule has 0 N–H and O–H groups in total. The molecular formula is C15H8F3N3O3. The summed E-state index contributed by atoms with van der Waals surface area (Å²) in [7, 11) is 0. The fraction of sp³-hybridized carbons (Fsp3) is 0.0667. The number of pyridine rings is 1. The first-order valence-corrected chi connectivity index (χ1v) is 6.61. The normalized spacial score (nSPS) is 11.6. The van der Waals surface area contributed by atoms with Crippen molar-refractivity contribution in [1.29, 1.82) is 0 Å². The lowest BCUT2D eigenvalue weighted by molar-refractivity contribution is -0.384. The third-order valence-electron chi connectivity index (χ3n) is 3.41. The van der Waals surface area contributed by atoms with Crippen molar-refractivity contribution in [1.82, 2.24) is 9.38 Å². The highest BCUT2D eigenvalue weighted by Crippen LogP contribution is 2.30. The van der Waals surface area contributed by atoms with Gasteiger partial charge in [0.15, 0.2) is 0 Å². The van der Waals surface area contributed by atoms with E-state index in [2.05, 4.69) is 4.98 Å². The number of alkyl halides is 3. The van der Waals surface area contributed by atoms with Crippen molar-refractivity contribution < 1.29 is 22.9 Å². The molecule has 0 bridgehead atoms. The van der Waals surface area contributed by atoms with Crippen LogP contribution in [0, 0.1) is 10.1 Å². The number of nitro benzene ring substituents is 1. The van der Waals surface area contributed by atoms with Gasteiger partial charge in [-0.1, -0.05) is 0 Å². The Hall–Kier alpha value is -3.23. The highest BCUT2D eigenvalue weighted by atomic mass is 19.4. The predicted octanol–water partition coefficient (Wildman–Crippen LogP) is 3.49. The molecule has 0 aliphatic heterocycles. The summed E-state index contributed by atoms with van der Waals surface area (Å²) in [6, 6.07) is 6.61. The molecule has 0 radical (unpaired) electrons. The topological polar surface area (TPSA) is 77.5 Å². The van der Waals surface area contributed by atoms with Crippen molar-refractivity contribution in [3.8, 4) is 0 Å². The molecule has 0 aliphatic rings. The van der Waals surface area contributed by atoms with Gasteiger partial charge >= 0.3 is 6.18 Å². The SMILES string of the molecule is O=C(c1ccc([N+](=O)[O-])cc1)c1cnc2cc(C(F)(F)F)ccn12. The summed E-state index contributed by atoms with van der Waals surface area (Å²) < 4.78 is 39.3. The molecule has 0 unspecified atom stereocenters. The molecule has 3 rings (SSSR count). The lowest BCUT2D eigenvalue weighted by Gasteiger charge is -2.07. The van der Waals surface area contributed by atoms with Crippen molar-refractivity contribution in [2.24, 2.45) is 0 Å². The summed E-state index contributed by atoms with van der Waals surface area (Å²) in [6.07, 6.45) is -2.22. The summed E-state index contributed by atoms with van der Waals surface area (Å²) in [6.45, 7) is 0. The van der Waals surface area contributed by atoms with Crippen LogP contribution >= 0.6 is 0 Å². The van der Waals surface area contributed by atoms with Gasteiger partial charge in [0, 0.05) is 23.9 Å². The first-order chi connectivity index (χ1) is 11.3. The number of halogens is 3. The Balaban J connectivity index is 2.00. The maximum absolute atomic E-state index is 12.7. The standard InChI is InChI=1S/C15H8F3N3O3/c16-15(17,18)10-5-6-20-12(8-19-13(20)7-10)14(22)9-1-3-11(4-2-9)21(23)24/h1-8H. The summed E-state index contributed by atoms with van der Waals surface area (Å²) in [5.41, 5.74) is -0.820. The number of carbonyl (C=O) groups excluding carboxylic acids is 1. The molecule has 0 amide bonds. The van der Waals surface area contributed by atoms with Crippen LogP contribution in [0.5, 0.6) is 0 Å². The van der Waals surface area contributed by atoms with Gasteiger partial charge in [0.2, 0.25) is 5.78 Å². The maximum Gasteiger partial charge on any atom is 0.416 e. The highest BCUT2D eigenvalue weighted by molar-refractivity contribution is 6.08. The highest BCUT2D eigenvalue weighted by Gasteiger charge is 2.31. The van der Waals surface area contributed by atoms with E-state index >= 15 is 0 Å². The van der Waals surface area contributed by atoms with Gasteiger partial charge in [0.1, 0.15) is 11.3 Å². The number of benzene rings is 1. The Morgan fingerprint density at radius 2 is 1.83 bits per heavy atom. The molecule has 3 aromatic rings. The lowest BCUT2D eigenvalue weighted by atomic mass is 10.1. The first kappa shape index (κ1) is 15.7. The van der Waals surface area contributed by atoms with E-state index in [4.69, 9.17) is 0 Å². The second-order valence-corrected chi connectivity index (χ2v) is 4.92. The van der Waals surface area contributed by atoms with Crippen LogP contribution in [0.4, 0.5) is 18.9 Å². The lowest BCUT2D eigenvalue weighted by Crippen LogP contribution is -2.08. The van der Waals surface area contributed by atoms with Crippen LogP contribution in [-0.2, 0) is 6.18 Å². The number of rotatable bonds is 3. The van der Waals surface area contributed by atoms with Crippen LogP contribution in [-0.4, -0.2) is 20.1 Å². The minimum Gasteiger partial charge on any atom is -0.297 e. The zero-order chi connectivity index (χ0) is 17.5. The van der Waals surface area contributed by atoms with E-state index < -0.39 is 22.4 Å². The van der Waals surface area contributed by atoms with Gasteiger partial charge in [-0.3, -0.25) is 19.3 Å². The molecule has 0 saturated heterocycles. The number of non-ortho nitro benzene ring substituents is 1. The number of carbonyl (C=O) groups is 1. The molecule has 2 aromatic heterocycles. The molecule has 0 aliphatic carbocycles. The molecule has 0 fully saturated rings. The predicted molar refractivity (Wildman–Crippen MR) is 76.7 cm³/mol. The fourth-order valence-corrected chi connectivity index (χ4v) is 2.21. The molecule has 6 nitrogen and oxygen atoms in total. The third-order valence-corrected chi connectivity index (χ3v) is 3.41. The third kappa shape index (κ3) is 2.71. The Morgan fingerprint density at radius 3 is 2.42 bits per heavy atom. The van der Waals surface area contributed by atoms with Gasteiger partial charge < -0.3 is 0 Å². The van der Waals surface area contributed by atoms with Gasteiger partial charge in [-0.05, 0) is 24.3 Å². The number of fused-ring (bicyclic) bond motifs is 1. The zero-order valence-electron chi connectivity index (χ0n) is 11.8. The summed E-state index contributed by atoms with van der Waals surface area (Å²) in [5, 5.41) is 10.6. The van der Waals surface area contributed by atoms with E-state index in [1.54, 1.807) is 0 Å². The molecule has 0 atom stereocenters. The van der Waals surface area contributed by atoms with Crippen LogP contribution in [0.15, 0.2) is 48.8 Å². The number of aromatic nitrogens is 2. The molecule has 0 saturated carbocycles. The number of nitro groups is 1. The number of hydrogen-bond donors (Lipinski definition) is 0. The van der Waals surface area contributed by atoms with Crippen molar-refractivity contribution in [3.63, 3.8) is 0 Å². The van der Waals surface area contributed by atoms with Crippen molar-refractivity contribution >= 4 is 17.1 Å². The molecule has 24 heavy (non-hydrogen) atoms. The van der Waals surface area contributed by atoms with Crippen molar-refractivity contribution in [2.75, 3.05) is 0 Å². The van der Waals surface area contributed by atoms with E-state index in [1.807, 2.05) is 0 Å². The summed E-state index contributed by atoms with van der Waals surface area (Å²) >= 11 is 0. The van der Waals surface area contributed by atoms with Crippen LogP contribution in [0.3, 0.4) is 0 Å². The van der Waals surface area contributed by atoms with Crippen LogP contribution in [0.25, 0.3) is 5.65 Å². The van der Waals surface area contributed by atoms with Crippen LogP contribution < -0.4 is 0 Å². The largest absolute Gasteiger partial charge is 0.416 e. The van der Waals surface area contributed by atoms with E-state index in [1.165, 1.54) is 34.9 Å². The summed E-state index contributed by atoms with van der Waals surface area (Å²) in [5.74, 6) is -0.503. The minimum absolute atomic E-state index is 0.0184. The molecule has 1 aromatic carbocycles. The molecule has 2 heterocycles. The smallest absolute Gasteiger partial charge is 0.297 e. The summed E-state index contributed by atoms with van der Waals surface area (Å²) in [4.78, 5) is 26.3. The van der Waals surface area contributed by atoms with Gasteiger partial charge in [-0.15, -0.1) is 0 Å². The maximum atomic E-state index is 12.7. The molecular weight excluding hydrogens is 327 g/mol. The monoisotopic (exact) mass is 335 g/mol. The van der Waals surface area contributed by atoms with E-state index in [9.17, 15) is 28.1 Å². The van der Waals surface area contributed by atoms with Crippen LogP contribution in [0.2, 0.25) is 0 Å². The number of nitrogens with zero attached hydrogens (tertiary/aromatic N) is 3. The zero-order valence-corrected chi connectivity index (χ0v) is 11.8. The van der Waals surface area contributed by atoms with Crippen molar-refractivity contribution in [3.05, 3.63) is 75.7 Å². The molecule has 9 heteroatoms. The number of ketones is 1. The average Bonchev–Trinajstić information content (AvgIpc) is 2.96. The molecule has 0 spiro atoms. The molecule has 122 valence electrons. The van der Waals surface area contributed by atoms with Gasteiger partial charge in [0.25, 0.3) is 5.69 Å². The average molecular weight is 335 g/mol. The number of imidazole rings is 1. The fourth-order valence-electron chi connectivity index (χ4n) is 2.21. The van der Waals surface area contributed by atoms with E-state index in [0.717, 1.165) is 18.3 Å². The quantitative estimate of drug-likeness (QED) is 0.417. The van der Waals surface area contributed by atoms with Gasteiger partial charge in [0.05, 0.1) is 16.7 Å². The van der Waals surface area contributed by atoms with Gasteiger partial charge in [-0.25, -0.2) is 4.98 Å². The second kappa shape index (κ2) is 5.44. The Morgan fingerprint density at radius 1 is 1.17 bits per heavy atom. The van der Waals surface area contributed by atoms with E-state index in [-0.39, 0.29) is 22.6 Å². The van der Waals surface area contributed by atoms with Crippen molar-refractivity contribution in [2.45, 2.75) is 6.18 Å². The van der Waals surface area contributed by atoms with Crippen LogP contribution in [0.1, 0.15) is 21.6 Å². The Labute approximate surface area is 132 Å². The first-order valence-electron chi connectivity index (χ1n) is 6.61. The Kier molecular flexibility index (Phi) is 3.55. The second-order valence-electron chi connectivity index (χ2n) is 4.92. The minimum atomic E-state index is -4.50. The Bertz CT molecular complexity index is 946. The van der Waals surface area contributed by atoms with E-state index in [0.29, 0.717) is 0 Å².